The van der Waals surface area contributed by atoms with E-state index >= 15 is 0 Å². The lowest BCUT2D eigenvalue weighted by Crippen LogP contribution is -2.42. The summed E-state index contributed by atoms with van der Waals surface area (Å²) in [5.74, 6) is 0.726. The first-order valence-electron chi connectivity index (χ1n) is 5.83. The molecule has 2 fully saturated rings. The van der Waals surface area contributed by atoms with E-state index in [1.807, 2.05) is 0 Å². The average Bonchev–Trinajstić information content (AvgIpc) is 2.91. The zero-order chi connectivity index (χ0) is 9.97. The van der Waals surface area contributed by atoms with Crippen LogP contribution in [0.2, 0.25) is 0 Å². The molecule has 1 amide bonds. The van der Waals surface area contributed by atoms with Crippen LogP contribution in [0.15, 0.2) is 0 Å². The molecule has 2 rings (SSSR count). The highest BCUT2D eigenvalue weighted by Crippen LogP contribution is 2.33. The molecule has 0 saturated heterocycles. The molecule has 14 heavy (non-hydrogen) atoms. The predicted octanol–water partition coefficient (Wildman–Crippen LogP) is 1.13. The molecular formula is C11H20N2O. The molecule has 0 aromatic carbocycles. The number of hydrogen-bond donors (Lipinski definition) is 1. The van der Waals surface area contributed by atoms with Crippen molar-refractivity contribution in [1.29, 1.82) is 0 Å². The van der Waals surface area contributed by atoms with E-state index < -0.39 is 0 Å². The third kappa shape index (κ3) is 2.08. The summed E-state index contributed by atoms with van der Waals surface area (Å²) in [4.78, 5) is 14.0. The van der Waals surface area contributed by atoms with Gasteiger partial charge in [0, 0.05) is 25.0 Å². The molecule has 2 aliphatic rings. The zero-order valence-corrected chi connectivity index (χ0v) is 8.74. The first-order chi connectivity index (χ1) is 6.83. The Morgan fingerprint density at radius 3 is 2.36 bits per heavy atom. The topological polar surface area (TPSA) is 46.3 Å². The Bertz CT molecular complexity index is 207. The van der Waals surface area contributed by atoms with Crippen molar-refractivity contribution >= 4 is 5.91 Å². The summed E-state index contributed by atoms with van der Waals surface area (Å²) in [6, 6.07) is 0.506. The van der Waals surface area contributed by atoms with Gasteiger partial charge in [-0.15, -0.1) is 0 Å². The Balaban J connectivity index is 1.94. The fraction of sp³-hybridized carbons (Fsp3) is 0.909. The monoisotopic (exact) mass is 196 g/mol. The lowest BCUT2D eigenvalue weighted by molar-refractivity contribution is -0.134. The molecular weight excluding hydrogens is 176 g/mol. The van der Waals surface area contributed by atoms with E-state index in [9.17, 15) is 4.79 Å². The second-order valence-corrected chi connectivity index (χ2v) is 4.53. The van der Waals surface area contributed by atoms with Crippen molar-refractivity contribution in [3.8, 4) is 0 Å². The van der Waals surface area contributed by atoms with Gasteiger partial charge in [-0.1, -0.05) is 12.8 Å². The first-order valence-corrected chi connectivity index (χ1v) is 5.83. The van der Waals surface area contributed by atoms with E-state index in [0.29, 0.717) is 24.4 Å². The van der Waals surface area contributed by atoms with E-state index in [1.54, 1.807) is 0 Å². The minimum Gasteiger partial charge on any atom is -0.338 e. The molecule has 0 spiro atoms. The van der Waals surface area contributed by atoms with E-state index in [1.165, 1.54) is 25.7 Å². The number of nitrogens with two attached hydrogens (primary N) is 1. The molecule has 2 saturated carbocycles. The maximum absolute atomic E-state index is 12.0. The number of rotatable bonds is 4. The maximum Gasteiger partial charge on any atom is 0.225 e. The third-order valence-electron chi connectivity index (χ3n) is 3.35. The summed E-state index contributed by atoms with van der Waals surface area (Å²) in [6.07, 6.45) is 7.16. The molecule has 0 aromatic heterocycles. The van der Waals surface area contributed by atoms with Crippen LogP contribution in [-0.4, -0.2) is 29.9 Å². The Hall–Kier alpha value is -0.570. The largest absolute Gasteiger partial charge is 0.338 e. The summed E-state index contributed by atoms with van der Waals surface area (Å²) in [7, 11) is 0. The van der Waals surface area contributed by atoms with Gasteiger partial charge in [0.2, 0.25) is 5.91 Å². The molecule has 0 bridgehead atoms. The van der Waals surface area contributed by atoms with Crippen LogP contribution in [0, 0.1) is 5.92 Å². The fourth-order valence-electron chi connectivity index (χ4n) is 2.39. The number of carbonyl (C=O) groups excluding carboxylic acids is 1. The highest BCUT2D eigenvalue weighted by atomic mass is 16.2. The van der Waals surface area contributed by atoms with E-state index in [0.717, 1.165) is 19.4 Å². The average molecular weight is 196 g/mol. The summed E-state index contributed by atoms with van der Waals surface area (Å²) in [5, 5.41) is 0. The lowest BCUT2D eigenvalue weighted by atomic mass is 10.2. The van der Waals surface area contributed by atoms with Gasteiger partial charge in [-0.3, -0.25) is 4.79 Å². The first kappa shape index (κ1) is 9.97. The number of amides is 1. The minimum absolute atomic E-state index is 0.349. The summed E-state index contributed by atoms with van der Waals surface area (Å²) in [6.45, 7) is 1.37. The van der Waals surface area contributed by atoms with Crippen LogP contribution >= 0.6 is 0 Å². The highest BCUT2D eigenvalue weighted by molar-refractivity contribution is 5.81. The van der Waals surface area contributed by atoms with Crippen molar-refractivity contribution in [2.75, 3.05) is 13.1 Å². The second kappa shape index (κ2) is 4.30. The molecule has 0 aliphatic heterocycles. The molecule has 80 valence electrons. The van der Waals surface area contributed by atoms with Gasteiger partial charge in [-0.05, 0) is 25.7 Å². The quantitative estimate of drug-likeness (QED) is 0.732. The van der Waals surface area contributed by atoms with E-state index in [2.05, 4.69) is 4.90 Å². The molecule has 0 heterocycles. The van der Waals surface area contributed by atoms with Gasteiger partial charge >= 0.3 is 0 Å². The van der Waals surface area contributed by atoms with Crippen molar-refractivity contribution in [3.63, 3.8) is 0 Å². The standard InChI is InChI=1S/C11H20N2O/c12-7-8-13(10-3-1-2-4-10)11(14)9-5-6-9/h9-10H,1-8,12H2. The third-order valence-corrected chi connectivity index (χ3v) is 3.35. The minimum atomic E-state index is 0.349. The zero-order valence-electron chi connectivity index (χ0n) is 8.74. The van der Waals surface area contributed by atoms with Crippen LogP contribution in [0.4, 0.5) is 0 Å². The van der Waals surface area contributed by atoms with Crippen molar-refractivity contribution in [3.05, 3.63) is 0 Å². The Morgan fingerprint density at radius 2 is 1.86 bits per heavy atom. The lowest BCUT2D eigenvalue weighted by Gasteiger charge is -2.28. The van der Waals surface area contributed by atoms with Crippen LogP contribution in [0.3, 0.4) is 0 Å². The number of nitrogens with zero attached hydrogens (tertiary/aromatic N) is 1. The van der Waals surface area contributed by atoms with Gasteiger partial charge in [-0.2, -0.15) is 0 Å². The van der Waals surface area contributed by atoms with Crippen molar-refractivity contribution in [2.24, 2.45) is 11.7 Å². The van der Waals surface area contributed by atoms with Gasteiger partial charge in [0.15, 0.2) is 0 Å². The Labute approximate surface area is 85.6 Å². The molecule has 2 aliphatic carbocycles. The van der Waals surface area contributed by atoms with Crippen LogP contribution in [-0.2, 0) is 4.79 Å². The molecule has 2 N–H and O–H groups in total. The van der Waals surface area contributed by atoms with Crippen LogP contribution in [0.5, 0.6) is 0 Å². The fourth-order valence-corrected chi connectivity index (χ4v) is 2.39. The van der Waals surface area contributed by atoms with Gasteiger partial charge in [0.05, 0.1) is 0 Å². The molecule has 0 radical (unpaired) electrons. The number of carbonyl (C=O) groups is 1. The maximum atomic E-state index is 12.0. The summed E-state index contributed by atoms with van der Waals surface area (Å²) >= 11 is 0. The SMILES string of the molecule is NCCN(C(=O)C1CC1)C1CCCC1. The van der Waals surface area contributed by atoms with Crippen LogP contribution in [0.1, 0.15) is 38.5 Å². The second-order valence-electron chi connectivity index (χ2n) is 4.53. The van der Waals surface area contributed by atoms with E-state index in [4.69, 9.17) is 5.73 Å². The molecule has 0 aromatic rings. The molecule has 3 nitrogen and oxygen atoms in total. The summed E-state index contributed by atoms with van der Waals surface area (Å²) in [5.41, 5.74) is 5.56. The van der Waals surface area contributed by atoms with Crippen LogP contribution in [0.25, 0.3) is 0 Å². The van der Waals surface area contributed by atoms with Gasteiger partial charge < -0.3 is 10.6 Å². The van der Waals surface area contributed by atoms with Crippen molar-refractivity contribution < 1.29 is 4.79 Å². The van der Waals surface area contributed by atoms with Crippen LogP contribution < -0.4 is 5.73 Å². The smallest absolute Gasteiger partial charge is 0.225 e. The van der Waals surface area contributed by atoms with Gasteiger partial charge in [0.25, 0.3) is 0 Å². The Kier molecular flexibility index (Phi) is 3.06. The van der Waals surface area contributed by atoms with Crippen molar-refractivity contribution in [2.45, 2.75) is 44.6 Å². The number of hydrogen-bond acceptors (Lipinski definition) is 2. The van der Waals surface area contributed by atoms with Gasteiger partial charge in [-0.25, -0.2) is 0 Å². The highest BCUT2D eigenvalue weighted by Gasteiger charge is 2.36. The molecule has 3 heteroatoms. The predicted molar refractivity (Wildman–Crippen MR) is 55.7 cm³/mol. The van der Waals surface area contributed by atoms with E-state index in [-0.39, 0.29) is 0 Å². The summed E-state index contributed by atoms with van der Waals surface area (Å²) < 4.78 is 0. The van der Waals surface area contributed by atoms with Crippen molar-refractivity contribution in [1.82, 2.24) is 4.90 Å². The molecule has 0 atom stereocenters. The molecule has 0 unspecified atom stereocenters. The normalized spacial score (nSPS) is 22.6. The Morgan fingerprint density at radius 1 is 1.21 bits per heavy atom. The van der Waals surface area contributed by atoms with Gasteiger partial charge in [0.1, 0.15) is 0 Å².